The van der Waals surface area contributed by atoms with Gasteiger partial charge in [-0.3, -0.25) is 0 Å². The van der Waals surface area contributed by atoms with Gasteiger partial charge >= 0.3 is 6.18 Å². The molecule has 0 radical (unpaired) electrons. The number of hydrogen-bond donors (Lipinski definition) is 1. The highest BCUT2D eigenvalue weighted by atomic mass is 35.5. The standard InChI is InChI=1S/C19H12ClF3N4O2S2/c20-15-16(11-1-3-12(4-2-11)18-25-9-10-30-18)27(26-17(15)19(21,22)23)13-5-7-14(8-6-13)31(24,28)29/h1-10H,(H2,24,28,29). The lowest BCUT2D eigenvalue weighted by atomic mass is 10.1. The Morgan fingerprint density at radius 3 is 2.13 bits per heavy atom. The first kappa shape index (κ1) is 21.5. The summed E-state index contributed by atoms with van der Waals surface area (Å²) in [5.74, 6) is 0. The van der Waals surface area contributed by atoms with Crippen LogP contribution < -0.4 is 5.14 Å². The molecule has 0 saturated heterocycles. The highest BCUT2D eigenvalue weighted by Gasteiger charge is 2.39. The van der Waals surface area contributed by atoms with Gasteiger partial charge < -0.3 is 0 Å². The van der Waals surface area contributed by atoms with Crippen molar-refractivity contribution in [1.82, 2.24) is 14.8 Å². The van der Waals surface area contributed by atoms with Crippen LogP contribution in [-0.2, 0) is 16.2 Å². The molecule has 12 heteroatoms. The van der Waals surface area contributed by atoms with Crippen molar-refractivity contribution >= 4 is 33.0 Å². The van der Waals surface area contributed by atoms with Crippen molar-refractivity contribution in [1.29, 1.82) is 0 Å². The molecular formula is C19H12ClF3N4O2S2. The maximum Gasteiger partial charge on any atom is 0.436 e. The van der Waals surface area contributed by atoms with Gasteiger partial charge in [0.2, 0.25) is 10.0 Å². The van der Waals surface area contributed by atoms with Gasteiger partial charge in [0.1, 0.15) is 5.01 Å². The number of nitrogens with zero attached hydrogens (tertiary/aromatic N) is 3. The van der Waals surface area contributed by atoms with Crippen molar-refractivity contribution in [3.8, 4) is 27.5 Å². The fraction of sp³-hybridized carbons (Fsp3) is 0.0526. The third-order valence-corrected chi connectivity index (χ3v) is 6.45. The van der Waals surface area contributed by atoms with Gasteiger partial charge in [-0.15, -0.1) is 11.3 Å². The van der Waals surface area contributed by atoms with E-state index in [0.717, 1.165) is 15.3 Å². The van der Waals surface area contributed by atoms with E-state index in [0.29, 0.717) is 5.56 Å². The molecule has 0 aliphatic heterocycles. The smallest absolute Gasteiger partial charge is 0.245 e. The SMILES string of the molecule is NS(=O)(=O)c1ccc(-n2nc(C(F)(F)F)c(Cl)c2-c2ccc(-c3nccs3)cc2)cc1. The Hall–Kier alpha value is -2.73. The summed E-state index contributed by atoms with van der Waals surface area (Å²) in [6.07, 6.45) is -3.13. The number of primary sulfonamides is 1. The van der Waals surface area contributed by atoms with Crippen LogP contribution in [0.2, 0.25) is 5.02 Å². The van der Waals surface area contributed by atoms with Crippen LogP contribution in [0.3, 0.4) is 0 Å². The van der Waals surface area contributed by atoms with Crippen LogP contribution in [0.1, 0.15) is 5.69 Å². The molecule has 0 unspecified atom stereocenters. The third-order valence-electron chi connectivity index (χ3n) is 4.34. The van der Waals surface area contributed by atoms with Gasteiger partial charge in [0.15, 0.2) is 5.69 Å². The van der Waals surface area contributed by atoms with Gasteiger partial charge in [0, 0.05) is 22.7 Å². The largest absolute Gasteiger partial charge is 0.436 e. The first-order valence-corrected chi connectivity index (χ1v) is 11.4. The second kappa shape index (κ2) is 7.75. The Balaban J connectivity index is 1.86. The van der Waals surface area contributed by atoms with Gasteiger partial charge in [-0.1, -0.05) is 35.9 Å². The lowest BCUT2D eigenvalue weighted by molar-refractivity contribution is -0.141. The third kappa shape index (κ3) is 4.22. The molecule has 0 amide bonds. The molecule has 0 spiro atoms. The van der Waals surface area contributed by atoms with E-state index >= 15 is 0 Å². The van der Waals surface area contributed by atoms with Crippen molar-refractivity contribution in [3.05, 3.63) is 70.8 Å². The van der Waals surface area contributed by atoms with E-state index in [-0.39, 0.29) is 16.3 Å². The van der Waals surface area contributed by atoms with Crippen LogP contribution in [0.25, 0.3) is 27.5 Å². The maximum atomic E-state index is 13.5. The molecule has 160 valence electrons. The van der Waals surface area contributed by atoms with E-state index in [1.54, 1.807) is 30.5 Å². The number of aromatic nitrogens is 3. The first-order valence-electron chi connectivity index (χ1n) is 8.55. The van der Waals surface area contributed by atoms with Crippen molar-refractivity contribution in [2.24, 2.45) is 5.14 Å². The monoisotopic (exact) mass is 484 g/mol. The molecule has 31 heavy (non-hydrogen) atoms. The number of thiazole rings is 1. The Kier molecular flexibility index (Phi) is 5.38. The summed E-state index contributed by atoms with van der Waals surface area (Å²) in [6, 6.07) is 11.7. The highest BCUT2D eigenvalue weighted by molar-refractivity contribution is 7.89. The van der Waals surface area contributed by atoms with Crippen LogP contribution in [0.15, 0.2) is 65.0 Å². The lowest BCUT2D eigenvalue weighted by Gasteiger charge is -2.09. The molecule has 0 bridgehead atoms. The predicted molar refractivity (Wildman–Crippen MR) is 111 cm³/mol. The van der Waals surface area contributed by atoms with E-state index < -0.39 is 26.9 Å². The summed E-state index contributed by atoms with van der Waals surface area (Å²) >= 11 is 7.54. The highest BCUT2D eigenvalue weighted by Crippen LogP contribution is 2.41. The number of hydrogen-bond acceptors (Lipinski definition) is 5. The summed E-state index contributed by atoms with van der Waals surface area (Å²) < 4.78 is 64.4. The zero-order valence-electron chi connectivity index (χ0n) is 15.3. The molecule has 2 N–H and O–H groups in total. The fourth-order valence-corrected chi connectivity index (χ4v) is 4.42. The van der Waals surface area contributed by atoms with Crippen molar-refractivity contribution in [2.75, 3.05) is 0 Å². The van der Waals surface area contributed by atoms with Gasteiger partial charge in [0.25, 0.3) is 0 Å². The van der Waals surface area contributed by atoms with Gasteiger partial charge in [0.05, 0.1) is 21.3 Å². The van der Waals surface area contributed by atoms with Crippen LogP contribution >= 0.6 is 22.9 Å². The molecule has 4 aromatic rings. The molecule has 0 saturated carbocycles. The molecule has 0 aliphatic rings. The number of alkyl halides is 3. The second-order valence-corrected chi connectivity index (χ2v) is 9.21. The normalized spacial score (nSPS) is 12.3. The van der Waals surface area contributed by atoms with E-state index in [2.05, 4.69) is 10.1 Å². The molecular weight excluding hydrogens is 473 g/mol. The van der Waals surface area contributed by atoms with Gasteiger partial charge in [-0.25, -0.2) is 23.2 Å². The molecule has 0 fully saturated rings. The summed E-state index contributed by atoms with van der Waals surface area (Å²) in [5, 5.41) is 10.8. The Bertz CT molecular complexity index is 1330. The van der Waals surface area contributed by atoms with Crippen molar-refractivity contribution in [3.63, 3.8) is 0 Å². The molecule has 0 aliphatic carbocycles. The zero-order chi connectivity index (χ0) is 22.4. The van der Waals surface area contributed by atoms with E-state index in [9.17, 15) is 21.6 Å². The zero-order valence-corrected chi connectivity index (χ0v) is 17.7. The number of rotatable bonds is 4. The fourth-order valence-electron chi connectivity index (χ4n) is 2.93. The van der Waals surface area contributed by atoms with E-state index in [1.165, 1.54) is 35.6 Å². The summed E-state index contributed by atoms with van der Waals surface area (Å²) in [7, 11) is -3.96. The average molecular weight is 485 g/mol. The maximum absolute atomic E-state index is 13.5. The minimum atomic E-state index is -4.78. The predicted octanol–water partition coefficient (Wildman–Crippen LogP) is 4.98. The topological polar surface area (TPSA) is 90.9 Å². The summed E-state index contributed by atoms with van der Waals surface area (Å²) in [4.78, 5) is 4.02. The molecule has 0 atom stereocenters. The minimum Gasteiger partial charge on any atom is -0.245 e. The Morgan fingerprint density at radius 1 is 1.00 bits per heavy atom. The minimum absolute atomic E-state index is 0.0167. The molecule has 4 rings (SSSR count). The summed E-state index contributed by atoms with van der Waals surface area (Å²) in [6.45, 7) is 0. The average Bonchev–Trinajstić information content (AvgIpc) is 3.35. The van der Waals surface area contributed by atoms with Crippen LogP contribution in [0.5, 0.6) is 0 Å². The van der Waals surface area contributed by atoms with Crippen LogP contribution in [-0.4, -0.2) is 23.2 Å². The van der Waals surface area contributed by atoms with Gasteiger partial charge in [-0.2, -0.15) is 18.3 Å². The van der Waals surface area contributed by atoms with Crippen molar-refractivity contribution < 1.29 is 21.6 Å². The lowest BCUT2D eigenvalue weighted by Crippen LogP contribution is -2.12. The second-order valence-electron chi connectivity index (χ2n) is 6.37. The van der Waals surface area contributed by atoms with E-state index in [1.807, 2.05) is 5.38 Å². The number of halogens is 4. The molecule has 2 aromatic carbocycles. The van der Waals surface area contributed by atoms with Gasteiger partial charge in [-0.05, 0) is 24.3 Å². The van der Waals surface area contributed by atoms with E-state index in [4.69, 9.17) is 16.7 Å². The number of benzene rings is 2. The van der Waals surface area contributed by atoms with Crippen LogP contribution in [0, 0.1) is 0 Å². The van der Waals surface area contributed by atoms with Crippen molar-refractivity contribution in [2.45, 2.75) is 11.1 Å². The quantitative estimate of drug-likeness (QED) is 0.442. The van der Waals surface area contributed by atoms with Crippen LogP contribution in [0.4, 0.5) is 13.2 Å². The first-order chi connectivity index (χ1) is 14.6. The Labute approximate surface area is 183 Å². The number of nitrogens with two attached hydrogens (primary N) is 1. The summed E-state index contributed by atoms with van der Waals surface area (Å²) in [5.41, 5.74) is 0.147. The molecule has 2 heterocycles. The molecule has 2 aromatic heterocycles. The number of sulfonamides is 1. The molecule has 6 nitrogen and oxygen atoms in total. The Morgan fingerprint density at radius 2 is 1.61 bits per heavy atom.